The number of carbonyl (C=O) groups is 3. The molecular formula is C26H22FN3O5S. The molecule has 1 fully saturated rings. The Morgan fingerprint density at radius 3 is 2.33 bits per heavy atom. The number of ether oxygens (including phenoxy) is 1. The van der Waals surface area contributed by atoms with E-state index in [1.807, 2.05) is 12.1 Å². The highest BCUT2D eigenvalue weighted by molar-refractivity contribution is 8.15. The first kappa shape index (κ1) is 24.9. The van der Waals surface area contributed by atoms with Gasteiger partial charge in [0.1, 0.15) is 16.8 Å². The predicted molar refractivity (Wildman–Crippen MR) is 135 cm³/mol. The van der Waals surface area contributed by atoms with Gasteiger partial charge in [-0.2, -0.15) is 0 Å². The number of nitrogens with one attached hydrogen (secondary N) is 1. The Labute approximate surface area is 210 Å². The van der Waals surface area contributed by atoms with E-state index in [0.717, 1.165) is 5.56 Å². The number of amides is 2. The van der Waals surface area contributed by atoms with Crippen molar-refractivity contribution < 1.29 is 28.6 Å². The van der Waals surface area contributed by atoms with E-state index < -0.39 is 22.9 Å². The van der Waals surface area contributed by atoms with Crippen LogP contribution < -0.4 is 10.1 Å². The van der Waals surface area contributed by atoms with Crippen LogP contribution in [0.5, 0.6) is 5.75 Å². The number of nitrogens with zero attached hydrogens (tertiary/aromatic N) is 2. The Morgan fingerprint density at radius 2 is 1.72 bits per heavy atom. The number of carbonyl (C=O) groups excluding carboxylic acids is 2. The number of halogens is 1. The monoisotopic (exact) mass is 507 g/mol. The summed E-state index contributed by atoms with van der Waals surface area (Å²) in [5.41, 5.74) is 1.86. The molecule has 0 unspecified atom stereocenters. The Morgan fingerprint density at radius 1 is 1.06 bits per heavy atom. The Hall–Kier alpha value is -4.18. The SMILES string of the molecule is COc1ccc(CN2C(=O)[C@H](CC(=O)Nc3ccc(C(=O)O)cc3)SC2=Nc2ccc(F)cc2)cc1. The van der Waals surface area contributed by atoms with Crippen molar-refractivity contribution in [1.29, 1.82) is 0 Å². The number of aromatic carboxylic acids is 1. The lowest BCUT2D eigenvalue weighted by molar-refractivity contribution is -0.128. The molecule has 0 saturated carbocycles. The van der Waals surface area contributed by atoms with E-state index in [4.69, 9.17) is 9.84 Å². The average molecular weight is 508 g/mol. The largest absolute Gasteiger partial charge is 0.497 e. The molecular weight excluding hydrogens is 485 g/mol. The number of hydrogen-bond acceptors (Lipinski definition) is 6. The molecule has 0 aliphatic carbocycles. The normalized spacial score (nSPS) is 16.3. The fourth-order valence-electron chi connectivity index (χ4n) is 3.49. The molecule has 0 aromatic heterocycles. The number of hydrogen-bond donors (Lipinski definition) is 2. The molecule has 1 atom stereocenters. The summed E-state index contributed by atoms with van der Waals surface area (Å²) >= 11 is 1.17. The summed E-state index contributed by atoms with van der Waals surface area (Å²) < 4.78 is 18.5. The average Bonchev–Trinajstić information content (AvgIpc) is 3.14. The maximum atomic E-state index is 13.3. The second kappa shape index (κ2) is 11.0. The highest BCUT2D eigenvalue weighted by atomic mass is 32.2. The number of methoxy groups -OCH3 is 1. The molecule has 1 saturated heterocycles. The second-order valence-electron chi connectivity index (χ2n) is 7.88. The topological polar surface area (TPSA) is 108 Å². The molecule has 2 N–H and O–H groups in total. The quantitative estimate of drug-likeness (QED) is 0.458. The summed E-state index contributed by atoms with van der Waals surface area (Å²) in [6.07, 6.45) is -0.105. The zero-order valence-electron chi connectivity index (χ0n) is 19.2. The van der Waals surface area contributed by atoms with Crippen LogP contribution in [0.15, 0.2) is 77.8 Å². The van der Waals surface area contributed by atoms with Gasteiger partial charge < -0.3 is 15.2 Å². The fourth-order valence-corrected chi connectivity index (χ4v) is 4.64. The third kappa shape index (κ3) is 6.08. The van der Waals surface area contributed by atoms with Crippen molar-refractivity contribution >= 4 is 46.1 Å². The summed E-state index contributed by atoms with van der Waals surface area (Å²) in [5.74, 6) is -1.43. The minimum Gasteiger partial charge on any atom is -0.497 e. The molecule has 36 heavy (non-hydrogen) atoms. The van der Waals surface area contributed by atoms with E-state index in [1.165, 1.54) is 65.2 Å². The van der Waals surface area contributed by atoms with Crippen molar-refractivity contribution in [2.45, 2.75) is 18.2 Å². The van der Waals surface area contributed by atoms with E-state index in [-0.39, 0.29) is 24.4 Å². The fraction of sp³-hybridized carbons (Fsp3) is 0.154. The Kier molecular flexibility index (Phi) is 7.65. The minimum atomic E-state index is -1.06. The van der Waals surface area contributed by atoms with Gasteiger partial charge in [-0.05, 0) is 66.2 Å². The van der Waals surface area contributed by atoms with Crippen LogP contribution in [0, 0.1) is 5.82 Å². The lowest BCUT2D eigenvalue weighted by atomic mass is 10.2. The van der Waals surface area contributed by atoms with Crippen molar-refractivity contribution in [1.82, 2.24) is 4.90 Å². The van der Waals surface area contributed by atoms with E-state index in [1.54, 1.807) is 19.2 Å². The number of carboxylic acid groups (broad SMARTS) is 1. The lowest BCUT2D eigenvalue weighted by Gasteiger charge is -2.17. The maximum absolute atomic E-state index is 13.3. The van der Waals surface area contributed by atoms with Crippen LogP contribution in [0.4, 0.5) is 15.8 Å². The first-order chi connectivity index (χ1) is 17.3. The number of amidine groups is 1. The lowest BCUT2D eigenvalue weighted by Crippen LogP contribution is -2.33. The van der Waals surface area contributed by atoms with Gasteiger partial charge in [0.2, 0.25) is 11.8 Å². The third-order valence-corrected chi connectivity index (χ3v) is 6.53. The van der Waals surface area contributed by atoms with Gasteiger partial charge in [-0.25, -0.2) is 14.2 Å². The highest BCUT2D eigenvalue weighted by Crippen LogP contribution is 2.33. The van der Waals surface area contributed by atoms with Crippen molar-refractivity contribution in [2.24, 2.45) is 4.99 Å². The van der Waals surface area contributed by atoms with Gasteiger partial charge in [-0.15, -0.1) is 0 Å². The maximum Gasteiger partial charge on any atom is 0.335 e. The van der Waals surface area contributed by atoms with Crippen LogP contribution in [0.25, 0.3) is 0 Å². The smallest absolute Gasteiger partial charge is 0.335 e. The van der Waals surface area contributed by atoms with Gasteiger partial charge in [-0.3, -0.25) is 14.5 Å². The molecule has 8 nitrogen and oxygen atoms in total. The Bertz CT molecular complexity index is 1290. The molecule has 1 aliphatic rings. The zero-order chi connectivity index (χ0) is 25.7. The minimum absolute atomic E-state index is 0.102. The standard InChI is InChI=1S/C26H22FN3O5S/c1-35-21-12-2-16(3-13-21)15-30-24(32)22(36-26(30)29-20-10-6-18(27)7-11-20)14-23(31)28-19-8-4-17(5-9-19)25(33)34/h2-13,22H,14-15H2,1H3,(H,28,31)(H,33,34)/t22-/m0/s1. The van der Waals surface area contributed by atoms with Crippen molar-refractivity contribution in [3.05, 3.63) is 89.7 Å². The third-order valence-electron chi connectivity index (χ3n) is 5.36. The molecule has 1 heterocycles. The van der Waals surface area contributed by atoms with Crippen LogP contribution in [0.3, 0.4) is 0 Å². The predicted octanol–water partition coefficient (Wildman–Crippen LogP) is 4.69. The van der Waals surface area contributed by atoms with Gasteiger partial charge >= 0.3 is 5.97 Å². The molecule has 1 aliphatic heterocycles. The van der Waals surface area contributed by atoms with Gasteiger partial charge in [0, 0.05) is 12.1 Å². The summed E-state index contributed by atoms with van der Waals surface area (Å²) in [6, 6.07) is 18.6. The van der Waals surface area contributed by atoms with Crippen molar-refractivity contribution in [3.63, 3.8) is 0 Å². The van der Waals surface area contributed by atoms with Gasteiger partial charge in [-0.1, -0.05) is 23.9 Å². The number of carboxylic acids is 1. The molecule has 10 heteroatoms. The molecule has 0 radical (unpaired) electrons. The van der Waals surface area contributed by atoms with Gasteiger partial charge in [0.05, 0.1) is 24.9 Å². The van der Waals surface area contributed by atoms with Gasteiger partial charge in [0.25, 0.3) is 0 Å². The molecule has 184 valence electrons. The molecule has 3 aromatic carbocycles. The van der Waals surface area contributed by atoms with Gasteiger partial charge in [0.15, 0.2) is 5.17 Å². The zero-order valence-corrected chi connectivity index (χ0v) is 20.0. The number of aliphatic imine (C=N–C) groups is 1. The molecule has 2 amide bonds. The summed E-state index contributed by atoms with van der Waals surface area (Å²) in [7, 11) is 1.57. The van der Waals surface area contributed by atoms with Crippen LogP contribution in [0.2, 0.25) is 0 Å². The van der Waals surface area contributed by atoms with E-state index in [0.29, 0.717) is 22.3 Å². The Balaban J connectivity index is 1.51. The molecule has 0 bridgehead atoms. The van der Waals surface area contributed by atoms with E-state index in [2.05, 4.69) is 10.3 Å². The van der Waals surface area contributed by atoms with Crippen molar-refractivity contribution in [3.8, 4) is 5.75 Å². The van der Waals surface area contributed by atoms with Crippen LogP contribution >= 0.6 is 11.8 Å². The van der Waals surface area contributed by atoms with Crippen LogP contribution in [-0.4, -0.2) is 45.3 Å². The number of benzene rings is 3. The first-order valence-corrected chi connectivity index (χ1v) is 11.8. The number of thioether (sulfide) groups is 1. The summed E-state index contributed by atoms with van der Waals surface area (Å²) in [6.45, 7) is 0.241. The second-order valence-corrected chi connectivity index (χ2v) is 9.05. The summed E-state index contributed by atoms with van der Waals surface area (Å²) in [4.78, 5) is 43.0. The molecule has 3 aromatic rings. The molecule has 0 spiro atoms. The van der Waals surface area contributed by atoms with Crippen LogP contribution in [-0.2, 0) is 16.1 Å². The molecule has 4 rings (SSSR count). The van der Waals surface area contributed by atoms with E-state index >= 15 is 0 Å². The summed E-state index contributed by atoms with van der Waals surface area (Å²) in [5, 5.41) is 11.4. The number of anilines is 1. The highest BCUT2D eigenvalue weighted by Gasteiger charge is 2.39. The van der Waals surface area contributed by atoms with E-state index in [9.17, 15) is 18.8 Å². The first-order valence-electron chi connectivity index (χ1n) is 10.9. The van der Waals surface area contributed by atoms with Crippen LogP contribution in [0.1, 0.15) is 22.3 Å². The number of rotatable bonds is 8. The van der Waals surface area contributed by atoms with Crippen molar-refractivity contribution in [2.75, 3.05) is 12.4 Å².